The maximum atomic E-state index is 11.7. The van der Waals surface area contributed by atoms with Crippen molar-refractivity contribution in [2.24, 2.45) is 0 Å². The van der Waals surface area contributed by atoms with Gasteiger partial charge in [-0.2, -0.15) is 0 Å². The van der Waals surface area contributed by atoms with Gasteiger partial charge >= 0.3 is 17.6 Å². The molecule has 26 heavy (non-hydrogen) atoms. The molecule has 3 rings (SSSR count). The number of methoxy groups -OCH3 is 2. The number of hydrogen-bond acceptors (Lipinski definition) is 9. The number of esters is 2. The van der Waals surface area contributed by atoms with Crippen LogP contribution in [0.1, 0.15) is 0 Å². The Morgan fingerprint density at radius 1 is 0.885 bits per heavy atom. The molecule has 0 saturated heterocycles. The largest absolute Gasteiger partial charge is 0.480 e. The molecule has 0 saturated carbocycles. The van der Waals surface area contributed by atoms with Crippen LogP contribution in [0.4, 0.5) is 0 Å². The van der Waals surface area contributed by atoms with Crippen molar-refractivity contribution in [2.75, 3.05) is 27.4 Å². The first-order valence-electron chi connectivity index (χ1n) is 7.41. The fourth-order valence-corrected chi connectivity index (χ4v) is 2.34. The summed E-state index contributed by atoms with van der Waals surface area (Å²) in [4.78, 5) is 34.5. The molecule has 0 N–H and O–H groups in total. The fraction of sp³-hybridized carbons (Fsp3) is 0.235. The summed E-state index contributed by atoms with van der Waals surface area (Å²) in [5.74, 6) is -0.905. The van der Waals surface area contributed by atoms with Crippen molar-refractivity contribution in [2.45, 2.75) is 0 Å². The molecule has 0 unspecified atom stereocenters. The molecule has 0 aliphatic carbocycles. The Morgan fingerprint density at radius 3 is 2.15 bits per heavy atom. The van der Waals surface area contributed by atoms with Crippen LogP contribution in [0.3, 0.4) is 0 Å². The molecule has 2 heterocycles. The first kappa shape index (κ1) is 17.3. The summed E-state index contributed by atoms with van der Waals surface area (Å²) in [5, 5.41) is 0.831. The highest BCUT2D eigenvalue weighted by Gasteiger charge is 2.22. The maximum Gasteiger partial charge on any atom is 0.343 e. The molecule has 1 aromatic carbocycles. The van der Waals surface area contributed by atoms with Crippen molar-refractivity contribution in [1.29, 1.82) is 0 Å². The van der Waals surface area contributed by atoms with Crippen LogP contribution < -0.4 is 15.1 Å². The maximum absolute atomic E-state index is 11.7. The van der Waals surface area contributed by atoms with Crippen LogP contribution in [0.15, 0.2) is 38.1 Å². The van der Waals surface area contributed by atoms with Gasteiger partial charge in [0.1, 0.15) is 5.75 Å². The monoisotopic (exact) mass is 362 g/mol. The topological polar surface area (TPSA) is 114 Å². The third-order valence-corrected chi connectivity index (χ3v) is 3.52. The highest BCUT2D eigenvalue weighted by atomic mass is 16.6. The standard InChI is InChI=1S/C17H14O9/c1-21-12(19)7-24-14-9-3-4-11(18)26-16(9)17(25-8-13(20)22-2)15-10(14)5-6-23-15/h3-6H,7-8H2,1-2H3. The zero-order valence-corrected chi connectivity index (χ0v) is 13.9. The van der Waals surface area contributed by atoms with Gasteiger partial charge in [-0.15, -0.1) is 0 Å². The van der Waals surface area contributed by atoms with Gasteiger partial charge in [-0.3, -0.25) is 0 Å². The van der Waals surface area contributed by atoms with Gasteiger partial charge in [0, 0.05) is 6.07 Å². The van der Waals surface area contributed by atoms with E-state index in [1.165, 1.54) is 32.6 Å². The van der Waals surface area contributed by atoms with Gasteiger partial charge in [-0.1, -0.05) is 0 Å². The SMILES string of the molecule is COC(=O)COc1c2ccoc2c(OCC(=O)OC)c2oc(=O)ccc12. The molecule has 0 bridgehead atoms. The van der Waals surface area contributed by atoms with E-state index in [1.807, 2.05) is 0 Å². The lowest BCUT2D eigenvalue weighted by Crippen LogP contribution is -2.14. The molecule has 0 aliphatic rings. The molecule has 3 aromatic rings. The van der Waals surface area contributed by atoms with E-state index in [0.29, 0.717) is 10.8 Å². The second-order valence-corrected chi connectivity index (χ2v) is 5.05. The van der Waals surface area contributed by atoms with Crippen LogP contribution in [0.25, 0.3) is 21.9 Å². The van der Waals surface area contributed by atoms with Crippen molar-refractivity contribution in [3.05, 3.63) is 34.9 Å². The van der Waals surface area contributed by atoms with Crippen LogP contribution in [-0.4, -0.2) is 39.4 Å². The zero-order valence-electron chi connectivity index (χ0n) is 13.9. The van der Waals surface area contributed by atoms with Gasteiger partial charge in [-0.25, -0.2) is 14.4 Å². The second kappa shape index (κ2) is 7.18. The summed E-state index contributed by atoms with van der Waals surface area (Å²) in [6.45, 7) is -0.768. The first-order valence-corrected chi connectivity index (χ1v) is 7.41. The minimum Gasteiger partial charge on any atom is -0.480 e. The molecule has 9 heteroatoms. The summed E-state index contributed by atoms with van der Waals surface area (Å²) in [5.41, 5.74) is -0.426. The Bertz CT molecular complexity index is 1030. The number of ether oxygens (including phenoxy) is 4. The molecule has 0 spiro atoms. The smallest absolute Gasteiger partial charge is 0.343 e. The Morgan fingerprint density at radius 2 is 1.50 bits per heavy atom. The van der Waals surface area contributed by atoms with E-state index in [1.54, 1.807) is 6.07 Å². The molecule has 0 radical (unpaired) electrons. The van der Waals surface area contributed by atoms with Crippen LogP contribution >= 0.6 is 0 Å². The summed E-state index contributed by atoms with van der Waals surface area (Å²) in [7, 11) is 2.45. The van der Waals surface area contributed by atoms with Crippen molar-refractivity contribution < 1.29 is 37.4 Å². The predicted molar refractivity (Wildman–Crippen MR) is 87.3 cm³/mol. The second-order valence-electron chi connectivity index (χ2n) is 5.05. The summed E-state index contributed by atoms with van der Waals surface area (Å²) in [6.07, 6.45) is 1.37. The number of fused-ring (bicyclic) bond motifs is 2. The van der Waals surface area contributed by atoms with Gasteiger partial charge < -0.3 is 27.8 Å². The predicted octanol–water partition coefficient (Wildman–Crippen LogP) is 1.64. The molecule has 0 aliphatic heterocycles. The van der Waals surface area contributed by atoms with Gasteiger partial charge in [0.25, 0.3) is 0 Å². The van der Waals surface area contributed by atoms with E-state index in [-0.39, 0.29) is 29.3 Å². The summed E-state index contributed by atoms with van der Waals surface area (Å²) in [6, 6.07) is 4.26. The van der Waals surface area contributed by atoms with Gasteiger partial charge in [0.15, 0.2) is 24.4 Å². The Kier molecular flexibility index (Phi) is 4.78. The lowest BCUT2D eigenvalue weighted by atomic mass is 10.1. The Labute approximate surface area is 146 Å². The average molecular weight is 362 g/mol. The van der Waals surface area contributed by atoms with Crippen molar-refractivity contribution in [3.63, 3.8) is 0 Å². The normalized spacial score (nSPS) is 10.7. The minimum absolute atomic E-state index is 0.0173. The van der Waals surface area contributed by atoms with Crippen molar-refractivity contribution in [1.82, 2.24) is 0 Å². The number of hydrogen-bond donors (Lipinski definition) is 0. The van der Waals surface area contributed by atoms with Crippen LogP contribution in [0, 0.1) is 0 Å². The van der Waals surface area contributed by atoms with E-state index in [2.05, 4.69) is 9.47 Å². The molecule has 0 fully saturated rings. The van der Waals surface area contributed by atoms with E-state index in [4.69, 9.17) is 18.3 Å². The van der Waals surface area contributed by atoms with Gasteiger partial charge in [-0.05, 0) is 12.1 Å². The van der Waals surface area contributed by atoms with Crippen LogP contribution in [0.2, 0.25) is 0 Å². The summed E-state index contributed by atoms with van der Waals surface area (Å²) < 4.78 is 30.7. The lowest BCUT2D eigenvalue weighted by Gasteiger charge is -2.13. The van der Waals surface area contributed by atoms with Crippen molar-refractivity contribution >= 4 is 33.9 Å². The lowest BCUT2D eigenvalue weighted by molar-refractivity contribution is -0.143. The van der Waals surface area contributed by atoms with E-state index in [0.717, 1.165) is 0 Å². The summed E-state index contributed by atoms with van der Waals surface area (Å²) >= 11 is 0. The number of rotatable bonds is 6. The third-order valence-electron chi connectivity index (χ3n) is 3.52. The van der Waals surface area contributed by atoms with Gasteiger partial charge in [0.05, 0.1) is 31.3 Å². The van der Waals surface area contributed by atoms with Crippen LogP contribution in [0.5, 0.6) is 11.5 Å². The van der Waals surface area contributed by atoms with Gasteiger partial charge in [0.2, 0.25) is 5.75 Å². The molecule has 136 valence electrons. The molecular weight excluding hydrogens is 348 g/mol. The number of benzene rings is 1. The molecule has 0 amide bonds. The quantitative estimate of drug-likeness (QED) is 0.477. The van der Waals surface area contributed by atoms with Crippen molar-refractivity contribution in [3.8, 4) is 11.5 Å². The number of furan rings is 1. The fourth-order valence-electron chi connectivity index (χ4n) is 2.34. The molecule has 9 nitrogen and oxygen atoms in total. The Balaban J connectivity index is 2.18. The minimum atomic E-state index is -0.634. The molecule has 2 aromatic heterocycles. The Hall–Kier alpha value is -3.49. The number of carbonyl (C=O) groups excluding carboxylic acids is 2. The van der Waals surface area contributed by atoms with E-state index in [9.17, 15) is 14.4 Å². The highest BCUT2D eigenvalue weighted by molar-refractivity contribution is 6.06. The molecular formula is C17H14O9. The first-order chi connectivity index (χ1) is 12.5. The van der Waals surface area contributed by atoms with E-state index < -0.39 is 24.2 Å². The molecule has 0 atom stereocenters. The number of carbonyl (C=O) groups is 2. The average Bonchev–Trinajstić information content (AvgIpc) is 3.13. The zero-order chi connectivity index (χ0) is 18.7. The van der Waals surface area contributed by atoms with E-state index >= 15 is 0 Å². The highest BCUT2D eigenvalue weighted by Crippen LogP contribution is 2.42. The third kappa shape index (κ3) is 3.18. The van der Waals surface area contributed by atoms with Crippen LogP contribution in [-0.2, 0) is 19.1 Å².